The van der Waals surface area contributed by atoms with Gasteiger partial charge in [-0.25, -0.2) is 4.79 Å². The van der Waals surface area contributed by atoms with Crippen LogP contribution in [0.3, 0.4) is 0 Å². The van der Waals surface area contributed by atoms with Crippen molar-refractivity contribution in [2.45, 2.75) is 12.3 Å². The molecule has 6 heteroatoms. The highest BCUT2D eigenvalue weighted by atomic mass is 35.5. The zero-order chi connectivity index (χ0) is 16.8. The molecule has 4 rings (SSSR count). The molecule has 0 N–H and O–H groups in total. The second-order valence-electron chi connectivity index (χ2n) is 5.50. The molecule has 0 amide bonds. The summed E-state index contributed by atoms with van der Waals surface area (Å²) in [5, 5.41) is 1.25. The molecule has 0 saturated heterocycles. The van der Waals surface area contributed by atoms with Crippen molar-refractivity contribution in [3.8, 4) is 5.75 Å². The van der Waals surface area contributed by atoms with E-state index in [4.69, 9.17) is 32.4 Å². The first-order valence-electron chi connectivity index (χ1n) is 7.26. The van der Waals surface area contributed by atoms with Crippen LogP contribution in [0.15, 0.2) is 51.7 Å². The number of hydrogen-bond acceptors (Lipinski definition) is 4. The van der Waals surface area contributed by atoms with Gasteiger partial charge in [-0.1, -0.05) is 47.5 Å². The molecule has 2 heterocycles. The van der Waals surface area contributed by atoms with Gasteiger partial charge in [-0.05, 0) is 23.8 Å². The summed E-state index contributed by atoms with van der Waals surface area (Å²) in [5.74, 6) is -0.758. The number of benzene rings is 2. The average Bonchev–Trinajstić information content (AvgIpc) is 2.56. The Morgan fingerprint density at radius 2 is 1.79 bits per heavy atom. The number of hydrogen-bond donors (Lipinski definition) is 0. The lowest BCUT2D eigenvalue weighted by atomic mass is 9.86. The number of carbonyl (C=O) groups is 1. The van der Waals surface area contributed by atoms with Crippen molar-refractivity contribution in [2.24, 2.45) is 0 Å². The number of para-hydroxylation sites is 1. The molecule has 120 valence electrons. The van der Waals surface area contributed by atoms with E-state index in [9.17, 15) is 9.59 Å². The van der Waals surface area contributed by atoms with E-state index in [0.29, 0.717) is 26.6 Å². The van der Waals surface area contributed by atoms with E-state index >= 15 is 0 Å². The summed E-state index contributed by atoms with van der Waals surface area (Å²) >= 11 is 12.4. The van der Waals surface area contributed by atoms with Crippen molar-refractivity contribution >= 4 is 40.1 Å². The second kappa shape index (κ2) is 5.65. The first kappa shape index (κ1) is 15.2. The van der Waals surface area contributed by atoms with Gasteiger partial charge in [0.05, 0.1) is 27.4 Å². The molecule has 3 aromatic rings. The van der Waals surface area contributed by atoms with Gasteiger partial charge in [0.1, 0.15) is 5.58 Å². The van der Waals surface area contributed by atoms with Crippen LogP contribution in [-0.4, -0.2) is 5.97 Å². The van der Waals surface area contributed by atoms with E-state index in [-0.39, 0.29) is 17.7 Å². The van der Waals surface area contributed by atoms with Crippen molar-refractivity contribution in [3.63, 3.8) is 0 Å². The van der Waals surface area contributed by atoms with Gasteiger partial charge in [0.2, 0.25) is 0 Å². The Labute approximate surface area is 146 Å². The first-order valence-corrected chi connectivity index (χ1v) is 8.02. The van der Waals surface area contributed by atoms with Gasteiger partial charge in [0.25, 0.3) is 0 Å². The van der Waals surface area contributed by atoms with Crippen molar-refractivity contribution in [2.75, 3.05) is 0 Å². The molecular weight excluding hydrogens is 351 g/mol. The predicted octanol–water partition coefficient (Wildman–Crippen LogP) is 4.54. The van der Waals surface area contributed by atoms with Gasteiger partial charge in [0.15, 0.2) is 5.75 Å². The fraction of sp³-hybridized carbons (Fsp3) is 0.111. The lowest BCUT2D eigenvalue weighted by Gasteiger charge is -2.25. The third kappa shape index (κ3) is 2.30. The zero-order valence-electron chi connectivity index (χ0n) is 12.2. The topological polar surface area (TPSA) is 56.5 Å². The van der Waals surface area contributed by atoms with E-state index in [2.05, 4.69) is 0 Å². The summed E-state index contributed by atoms with van der Waals surface area (Å²) in [7, 11) is 0. The van der Waals surface area contributed by atoms with Gasteiger partial charge < -0.3 is 9.15 Å². The molecule has 1 aliphatic rings. The molecule has 4 nitrogen and oxygen atoms in total. The minimum absolute atomic E-state index is 0.00381. The lowest BCUT2D eigenvalue weighted by Crippen LogP contribution is -2.27. The summed E-state index contributed by atoms with van der Waals surface area (Å²) in [6.07, 6.45) is -0.00381. The summed E-state index contributed by atoms with van der Waals surface area (Å²) in [6.45, 7) is 0. The summed E-state index contributed by atoms with van der Waals surface area (Å²) in [4.78, 5) is 24.7. The third-order valence-corrected chi connectivity index (χ3v) is 4.92. The Hall–Kier alpha value is -2.30. The maximum atomic E-state index is 12.5. The van der Waals surface area contributed by atoms with Gasteiger partial charge >= 0.3 is 11.6 Å². The molecular formula is C18H10Cl2O4. The Bertz CT molecular complexity index is 1040. The molecule has 0 bridgehead atoms. The Morgan fingerprint density at radius 3 is 2.62 bits per heavy atom. The quantitative estimate of drug-likeness (QED) is 0.472. The van der Waals surface area contributed by atoms with E-state index in [1.165, 1.54) is 0 Å². The van der Waals surface area contributed by atoms with Crippen LogP contribution < -0.4 is 10.4 Å². The molecule has 1 aliphatic heterocycles. The average molecular weight is 361 g/mol. The number of esters is 1. The fourth-order valence-corrected chi connectivity index (χ4v) is 3.47. The highest BCUT2D eigenvalue weighted by Crippen LogP contribution is 2.43. The van der Waals surface area contributed by atoms with Crippen LogP contribution in [0.4, 0.5) is 0 Å². The summed E-state index contributed by atoms with van der Waals surface area (Å²) in [6, 6.07) is 12.0. The molecule has 0 fully saturated rings. The van der Waals surface area contributed by atoms with Crippen LogP contribution >= 0.6 is 23.2 Å². The van der Waals surface area contributed by atoms with E-state index < -0.39 is 17.5 Å². The van der Waals surface area contributed by atoms with Crippen molar-refractivity contribution in [1.82, 2.24) is 0 Å². The Balaban J connectivity index is 2.04. The van der Waals surface area contributed by atoms with Crippen LogP contribution in [-0.2, 0) is 4.79 Å². The molecule has 24 heavy (non-hydrogen) atoms. The fourth-order valence-electron chi connectivity index (χ4n) is 3.03. The van der Waals surface area contributed by atoms with E-state index in [1.807, 2.05) is 0 Å². The van der Waals surface area contributed by atoms with Crippen molar-refractivity contribution < 1.29 is 13.9 Å². The molecule has 0 spiro atoms. The van der Waals surface area contributed by atoms with Gasteiger partial charge in [0, 0.05) is 5.92 Å². The molecule has 1 atom stereocenters. The predicted molar refractivity (Wildman–Crippen MR) is 91.0 cm³/mol. The maximum Gasteiger partial charge on any atom is 0.343 e. The minimum atomic E-state index is -0.562. The van der Waals surface area contributed by atoms with Crippen LogP contribution in [0.2, 0.25) is 10.0 Å². The number of halogens is 2. The maximum absolute atomic E-state index is 12.5. The second-order valence-corrected chi connectivity index (χ2v) is 6.29. The monoisotopic (exact) mass is 360 g/mol. The Kier molecular flexibility index (Phi) is 3.59. The van der Waals surface area contributed by atoms with Crippen LogP contribution in [0, 0.1) is 0 Å². The highest BCUT2D eigenvalue weighted by molar-refractivity contribution is 6.42. The van der Waals surface area contributed by atoms with Gasteiger partial charge in [-0.15, -0.1) is 0 Å². The lowest BCUT2D eigenvalue weighted by molar-refractivity contribution is -0.135. The van der Waals surface area contributed by atoms with Gasteiger partial charge in [-0.2, -0.15) is 0 Å². The molecule has 1 unspecified atom stereocenters. The standard InChI is InChI=1S/C18H10Cl2O4/c19-12-6-3-5-9(16(12)20)11-8-14(21)24-17-10-4-1-2-7-13(10)23-18(22)15(11)17/h1-7,11H,8H2. The molecule has 1 aromatic heterocycles. The minimum Gasteiger partial charge on any atom is -0.425 e. The molecule has 2 aromatic carbocycles. The molecule has 0 radical (unpaired) electrons. The molecule has 0 saturated carbocycles. The number of ether oxygens (including phenoxy) is 1. The summed E-state index contributed by atoms with van der Waals surface area (Å²) < 4.78 is 10.8. The molecule has 0 aliphatic carbocycles. The zero-order valence-corrected chi connectivity index (χ0v) is 13.7. The third-order valence-electron chi connectivity index (χ3n) is 4.09. The van der Waals surface area contributed by atoms with E-state index in [0.717, 1.165) is 0 Å². The van der Waals surface area contributed by atoms with Crippen LogP contribution in [0.1, 0.15) is 23.5 Å². The van der Waals surface area contributed by atoms with Gasteiger partial charge in [-0.3, -0.25) is 4.79 Å². The number of fused-ring (bicyclic) bond motifs is 3. The number of carbonyl (C=O) groups excluding carboxylic acids is 1. The Morgan fingerprint density at radius 1 is 1.00 bits per heavy atom. The van der Waals surface area contributed by atoms with Crippen molar-refractivity contribution in [1.29, 1.82) is 0 Å². The van der Waals surface area contributed by atoms with E-state index in [1.54, 1.807) is 42.5 Å². The highest BCUT2D eigenvalue weighted by Gasteiger charge is 2.35. The number of rotatable bonds is 1. The summed E-state index contributed by atoms with van der Waals surface area (Å²) in [5.41, 5.74) is 0.714. The normalized spacial score (nSPS) is 16.8. The first-order chi connectivity index (χ1) is 11.6. The van der Waals surface area contributed by atoms with Crippen LogP contribution in [0.5, 0.6) is 5.75 Å². The van der Waals surface area contributed by atoms with Crippen molar-refractivity contribution in [3.05, 3.63) is 74.1 Å². The largest absolute Gasteiger partial charge is 0.425 e. The SMILES string of the molecule is O=C1CC(c2cccc(Cl)c2Cl)c2c(c3ccccc3oc2=O)O1. The van der Waals surface area contributed by atoms with Crippen LogP contribution in [0.25, 0.3) is 11.0 Å². The smallest absolute Gasteiger partial charge is 0.343 e.